The van der Waals surface area contributed by atoms with Crippen LogP contribution >= 0.6 is 11.6 Å². The molecule has 1 saturated carbocycles. The van der Waals surface area contributed by atoms with E-state index in [9.17, 15) is 71.5 Å². The van der Waals surface area contributed by atoms with E-state index in [1.54, 1.807) is 91.8 Å². The Morgan fingerprint density at radius 1 is 0.338 bits per heavy atom. The SMILES string of the molecule is CCCc1cc(=O)n(-c2cc(C(=O)O)ccn2)[nH]1.Cc1[nH]n(-c2cc(C(=O)O)ccn2)c(=O)c1-c1ccccc1.Cc1[nH]n(-c2cc(C(=O)O)ccn2)c(=O)c1C.Cc1[nH]n(-c2cc(C(=O)O)ccn2)c(=O)c1C.Cc1c(-c2ccccc2Cl)[nH]n(-c2cc(C(=O)O)ccn2)c1=O.Cc1c(-c2ccccc2F)[nH]n(-c2cc(C(=O)O)ccn2)c1=O.Cc1c(C2CC2)[nH]n(-c2cc(C(=O)O)ccn2)c1=O. The second-order valence-corrected chi connectivity index (χ2v) is 31.2. The fraction of sp³-hybridized carbons (Fsp3) is 0.147. The number of carboxylic acid groups (broad SMARTS) is 7. The van der Waals surface area contributed by atoms with E-state index in [4.69, 9.17) is 47.3 Å². The van der Waals surface area contributed by atoms with E-state index in [1.165, 1.54) is 169 Å². The Balaban J connectivity index is 0.000000146. The third-order valence-electron chi connectivity index (χ3n) is 21.4. The number of hydrogen-bond donors (Lipinski definition) is 14. The molecule has 0 radical (unpaired) electrons. The number of H-pyrrole nitrogens is 7. The number of nitrogens with zero attached hydrogens (tertiary/aromatic N) is 14. The lowest BCUT2D eigenvalue weighted by Crippen LogP contribution is -2.17. The van der Waals surface area contributed by atoms with Crippen molar-refractivity contribution >= 4 is 53.4 Å². The second kappa shape index (κ2) is 43.3. The van der Waals surface area contributed by atoms with Crippen LogP contribution in [0, 0.1) is 61.2 Å². The number of carboxylic acids is 7. The third-order valence-corrected chi connectivity index (χ3v) is 21.7. The van der Waals surface area contributed by atoms with Crippen LogP contribution in [0.5, 0.6) is 0 Å². The van der Waals surface area contributed by atoms with Crippen LogP contribution in [-0.4, -0.2) is 181 Å². The van der Waals surface area contributed by atoms with Gasteiger partial charge in [0.05, 0.1) is 55.9 Å². The number of aryl methyl sites for hydroxylation is 4. The van der Waals surface area contributed by atoms with E-state index in [0.29, 0.717) is 72.8 Å². The molecule has 0 atom stereocenters. The van der Waals surface area contributed by atoms with Crippen molar-refractivity contribution in [1.29, 1.82) is 0 Å². The minimum absolute atomic E-state index is 0.00148. The molecule has 3 aromatic carbocycles. The van der Waals surface area contributed by atoms with Crippen molar-refractivity contribution in [2.75, 3.05) is 0 Å². The Morgan fingerprint density at radius 3 is 0.964 bits per heavy atom. The Hall–Kier alpha value is -18.7. The maximum absolute atomic E-state index is 13.9. The monoisotopic (exact) mass is 1910 g/mol. The number of aromatic amines is 7. The quantitative estimate of drug-likeness (QED) is 0.0337. The van der Waals surface area contributed by atoms with Gasteiger partial charge in [-0.3, -0.25) is 69.3 Å². The van der Waals surface area contributed by atoms with Crippen LogP contribution in [0.15, 0.2) is 247 Å². The van der Waals surface area contributed by atoms with Crippen molar-refractivity contribution in [3.8, 4) is 74.4 Å². The van der Waals surface area contributed by atoms with Crippen molar-refractivity contribution in [1.82, 2.24) is 103 Å². The lowest BCUT2D eigenvalue weighted by atomic mass is 10.1. The first kappa shape index (κ1) is 99.3. The van der Waals surface area contributed by atoms with E-state index in [0.717, 1.165) is 58.7 Å². The van der Waals surface area contributed by atoms with Gasteiger partial charge in [-0.2, -0.15) is 0 Å². The summed E-state index contributed by atoms with van der Waals surface area (Å²) in [7, 11) is 0. The molecule has 1 fully saturated rings. The van der Waals surface area contributed by atoms with E-state index in [2.05, 4.69) is 70.6 Å². The molecule has 710 valence electrons. The first-order chi connectivity index (χ1) is 66.2. The van der Waals surface area contributed by atoms with E-state index in [-0.39, 0.29) is 113 Å². The normalized spacial score (nSPS) is 11.1. The predicted octanol–water partition coefficient (Wildman–Crippen LogP) is 11.9. The van der Waals surface area contributed by atoms with Crippen LogP contribution in [0.4, 0.5) is 4.39 Å². The standard InChI is InChI=1S/C16H12ClN3O3.C16H12FN3O3.C16H13N3O3.C13H13N3O3.C12H13N3O3.2C11H11N3O3/c2*1-9-14(11-4-2-3-5-12(11)17)19-20(15(9)21)13-8-10(16(22)23)6-7-18-13;1-10-14(11-5-3-2-4-6-11)15(20)19(18-10)13-9-12(16(21)22)7-8-17-13;1-7-11(8-2-3-8)15-16(12(7)17)10-6-9(13(18)19)4-5-14-10;1-2-3-9-7-11(16)15(14-9)10-6-8(12(17)18)4-5-13-10;2*1-6-7(2)13-14(10(6)15)9-5-8(11(16)17)3-4-12-9/h2*2-8,19H,1H3,(H,22,23);2-9,18H,1H3,(H,21,22);4-6,8,15H,2-3H2,1H3,(H,18,19);4-7,14H,2-3H2,1H3,(H,17,18);2*3-5,13H,1-2H3,(H,16,17). The van der Waals surface area contributed by atoms with Crippen LogP contribution in [-0.2, 0) is 6.42 Å². The molecule has 1 aliphatic carbocycles. The van der Waals surface area contributed by atoms with Crippen molar-refractivity contribution in [3.05, 3.63) is 392 Å². The number of nitrogens with one attached hydrogen (secondary N) is 7. The Kier molecular flexibility index (Phi) is 31.0. The largest absolute Gasteiger partial charge is 0.478 e. The molecule has 0 amide bonds. The van der Waals surface area contributed by atoms with Crippen molar-refractivity contribution in [2.24, 2.45) is 0 Å². The summed E-state index contributed by atoms with van der Waals surface area (Å²) in [5.41, 5.74) is 8.42. The Morgan fingerprint density at radius 2 is 0.633 bits per heavy atom. The Labute approximate surface area is 786 Å². The molecular weight excluding hydrogens is 1830 g/mol. The number of aromatic nitrogens is 21. The zero-order valence-electron chi connectivity index (χ0n) is 75.0. The smallest absolute Gasteiger partial charge is 0.335 e. The summed E-state index contributed by atoms with van der Waals surface area (Å²) in [6, 6.07) is 43.0. The summed E-state index contributed by atoms with van der Waals surface area (Å²) in [4.78, 5) is 190. The molecule has 0 bridgehead atoms. The molecule has 1 aliphatic rings. The van der Waals surface area contributed by atoms with Gasteiger partial charge in [-0.15, -0.1) is 0 Å². The van der Waals surface area contributed by atoms with Crippen LogP contribution in [0.25, 0.3) is 74.4 Å². The minimum Gasteiger partial charge on any atom is -0.478 e. The molecule has 0 spiro atoms. The van der Waals surface area contributed by atoms with E-state index >= 15 is 0 Å². The number of aromatic carboxylic acids is 7. The number of pyridine rings is 7. The van der Waals surface area contributed by atoms with Crippen molar-refractivity contribution in [3.63, 3.8) is 0 Å². The minimum atomic E-state index is -1.13. The molecule has 0 unspecified atom stereocenters. The van der Waals surface area contributed by atoms with Gasteiger partial charge in [0.2, 0.25) is 0 Å². The van der Waals surface area contributed by atoms with Gasteiger partial charge in [0.25, 0.3) is 38.9 Å². The third kappa shape index (κ3) is 23.0. The Bertz CT molecular complexity index is 7760. The van der Waals surface area contributed by atoms with Crippen LogP contribution in [0.2, 0.25) is 5.02 Å². The molecule has 44 heteroatoms. The summed E-state index contributed by atoms with van der Waals surface area (Å²) < 4.78 is 22.5. The lowest BCUT2D eigenvalue weighted by molar-refractivity contribution is 0.0686. The first-order valence-corrected chi connectivity index (χ1v) is 42.2. The number of benzene rings is 3. The molecule has 17 aromatic rings. The van der Waals surface area contributed by atoms with Gasteiger partial charge < -0.3 is 35.7 Å². The van der Waals surface area contributed by atoms with Crippen LogP contribution < -0.4 is 38.9 Å². The van der Waals surface area contributed by atoms with Crippen molar-refractivity contribution in [2.45, 2.75) is 93.9 Å². The van der Waals surface area contributed by atoms with Crippen LogP contribution in [0.1, 0.15) is 161 Å². The highest BCUT2D eigenvalue weighted by atomic mass is 35.5. The van der Waals surface area contributed by atoms with Gasteiger partial charge in [0.1, 0.15) is 5.82 Å². The van der Waals surface area contributed by atoms with Crippen molar-refractivity contribution < 1.29 is 73.7 Å². The molecule has 18 rings (SSSR count). The summed E-state index contributed by atoms with van der Waals surface area (Å²) >= 11 is 6.18. The highest BCUT2D eigenvalue weighted by Crippen LogP contribution is 2.40. The van der Waals surface area contributed by atoms with Gasteiger partial charge in [-0.1, -0.05) is 85.6 Å². The molecule has 14 heterocycles. The van der Waals surface area contributed by atoms with E-state index < -0.39 is 53.2 Å². The fourth-order valence-corrected chi connectivity index (χ4v) is 13.9. The zero-order chi connectivity index (χ0) is 101. The maximum Gasteiger partial charge on any atom is 0.335 e. The molecule has 14 aromatic heterocycles. The topological polar surface area (TPSA) is 616 Å². The highest BCUT2D eigenvalue weighted by Gasteiger charge is 2.30. The van der Waals surface area contributed by atoms with Crippen LogP contribution in [0.3, 0.4) is 0 Å². The van der Waals surface area contributed by atoms with Gasteiger partial charge >= 0.3 is 41.8 Å². The summed E-state index contributed by atoms with van der Waals surface area (Å²) in [5.74, 6) is -5.81. The average molecular weight is 1910 g/mol. The fourth-order valence-electron chi connectivity index (χ4n) is 13.7. The maximum atomic E-state index is 13.9. The second-order valence-electron chi connectivity index (χ2n) is 30.8. The zero-order valence-corrected chi connectivity index (χ0v) is 75.7. The number of carbonyl (C=O) groups is 7. The summed E-state index contributed by atoms with van der Waals surface area (Å²) in [5, 5.41) is 83.5. The number of halogens is 2. The molecule has 14 N–H and O–H groups in total. The predicted molar refractivity (Wildman–Crippen MR) is 503 cm³/mol. The lowest BCUT2D eigenvalue weighted by Gasteiger charge is -2.04. The van der Waals surface area contributed by atoms with E-state index in [1.807, 2.05) is 43.3 Å². The molecule has 42 nitrogen and oxygen atoms in total. The molecule has 0 aliphatic heterocycles. The van der Waals surface area contributed by atoms with Gasteiger partial charge in [-0.05, 0) is 183 Å². The molecule has 139 heavy (non-hydrogen) atoms. The molecular formula is C95H85ClFN21O21. The average Bonchev–Trinajstić information content (AvgIpc) is 1.60. The molecule has 0 saturated heterocycles. The summed E-state index contributed by atoms with van der Waals surface area (Å²) in [6.07, 6.45) is 13.3. The number of rotatable bonds is 20. The highest BCUT2D eigenvalue weighted by molar-refractivity contribution is 6.33. The first-order valence-electron chi connectivity index (χ1n) is 41.8. The number of hydrogen-bond acceptors (Lipinski definition) is 21. The summed E-state index contributed by atoms with van der Waals surface area (Å²) in [6.45, 7) is 15.8. The van der Waals surface area contributed by atoms with Gasteiger partial charge in [-0.25, -0.2) is 106 Å². The van der Waals surface area contributed by atoms with Gasteiger partial charge in [0.15, 0.2) is 40.7 Å². The van der Waals surface area contributed by atoms with Gasteiger partial charge in [0, 0.05) is 128 Å².